The highest BCUT2D eigenvalue weighted by molar-refractivity contribution is 5.93. The van der Waals surface area contributed by atoms with E-state index in [9.17, 15) is 10.0 Å². The van der Waals surface area contributed by atoms with E-state index in [4.69, 9.17) is 9.47 Å². The smallest absolute Gasteiger partial charge is 0.251 e. The Morgan fingerprint density at radius 2 is 1.86 bits per heavy atom. The topological polar surface area (TPSA) is 74.5 Å². The van der Waals surface area contributed by atoms with Crippen LogP contribution in [0.15, 0.2) is 48.8 Å². The second-order valence-electron chi connectivity index (χ2n) is 4.20. The van der Waals surface area contributed by atoms with Gasteiger partial charge in [-0.25, -0.2) is 0 Å². The molecule has 0 radical (unpaired) electrons. The lowest BCUT2D eigenvalue weighted by atomic mass is 10.2. The predicted molar refractivity (Wildman–Crippen MR) is 76.2 cm³/mol. The molecular formula is C15H16N2O4. The lowest BCUT2D eigenvalue weighted by Crippen LogP contribution is -2.30. The number of nitrogens with zero attached hydrogens (tertiary/aromatic N) is 1. The van der Waals surface area contributed by atoms with Crippen molar-refractivity contribution in [2.45, 2.75) is 0 Å². The minimum Gasteiger partial charge on any atom is -0.619 e. The first kappa shape index (κ1) is 14.6. The van der Waals surface area contributed by atoms with E-state index in [1.54, 1.807) is 19.2 Å². The van der Waals surface area contributed by atoms with Crippen LogP contribution in [0, 0.1) is 5.21 Å². The predicted octanol–water partition coefficient (Wildman–Crippen LogP) is 1.14. The first-order valence-electron chi connectivity index (χ1n) is 6.43. The summed E-state index contributed by atoms with van der Waals surface area (Å²) in [6.45, 7) is 0.670. The summed E-state index contributed by atoms with van der Waals surface area (Å²) in [6.07, 6.45) is 2.56. The van der Waals surface area contributed by atoms with Gasteiger partial charge < -0.3 is 20.0 Å². The maximum Gasteiger partial charge on any atom is 0.251 e. The molecule has 0 aliphatic carbocycles. The second-order valence-corrected chi connectivity index (χ2v) is 4.20. The Balaban J connectivity index is 1.79. The van der Waals surface area contributed by atoms with Gasteiger partial charge in [-0.15, -0.1) is 0 Å². The second kappa shape index (κ2) is 7.14. The van der Waals surface area contributed by atoms with Crippen LogP contribution in [0.1, 0.15) is 10.4 Å². The number of ether oxygens (including phenoxy) is 2. The van der Waals surface area contributed by atoms with Gasteiger partial charge in [0.15, 0.2) is 23.9 Å². The standard InChI is InChI=1S/C15H16N2O4/c1-20-13-4-2-3-5-14(13)21-11-8-16-15(18)12-6-9-17(19)10-7-12/h2-7,9-10H,8,11H2,1H3,(H,16,18). The molecule has 0 saturated heterocycles. The summed E-state index contributed by atoms with van der Waals surface area (Å²) in [6, 6.07) is 10.2. The first-order chi connectivity index (χ1) is 10.2. The zero-order chi connectivity index (χ0) is 15.1. The number of rotatable bonds is 6. The molecule has 0 saturated carbocycles. The Kier molecular flexibility index (Phi) is 4.98. The molecule has 21 heavy (non-hydrogen) atoms. The number of hydrogen-bond acceptors (Lipinski definition) is 4. The van der Waals surface area contributed by atoms with Crippen molar-refractivity contribution in [3.8, 4) is 11.5 Å². The van der Waals surface area contributed by atoms with Crippen molar-refractivity contribution < 1.29 is 19.0 Å². The lowest BCUT2D eigenvalue weighted by Gasteiger charge is -2.10. The number of pyridine rings is 1. The third-order valence-corrected chi connectivity index (χ3v) is 2.78. The number of methoxy groups -OCH3 is 1. The maximum absolute atomic E-state index is 11.8. The summed E-state index contributed by atoms with van der Waals surface area (Å²) in [5.41, 5.74) is 0.430. The van der Waals surface area contributed by atoms with Crippen LogP contribution in [0.3, 0.4) is 0 Å². The molecule has 1 N–H and O–H groups in total. The third-order valence-electron chi connectivity index (χ3n) is 2.78. The van der Waals surface area contributed by atoms with Gasteiger partial charge in [-0.1, -0.05) is 12.1 Å². The molecular weight excluding hydrogens is 272 g/mol. The molecule has 1 amide bonds. The Morgan fingerprint density at radius 1 is 1.19 bits per heavy atom. The van der Waals surface area contributed by atoms with Gasteiger partial charge in [0.05, 0.1) is 19.2 Å². The highest BCUT2D eigenvalue weighted by Gasteiger charge is 2.06. The van der Waals surface area contributed by atoms with Gasteiger partial charge in [-0.2, -0.15) is 4.73 Å². The number of carbonyl (C=O) groups is 1. The van der Waals surface area contributed by atoms with Crippen LogP contribution < -0.4 is 19.5 Å². The van der Waals surface area contributed by atoms with E-state index in [0.29, 0.717) is 34.9 Å². The van der Waals surface area contributed by atoms with Crippen LogP contribution in [0.4, 0.5) is 0 Å². The van der Waals surface area contributed by atoms with Gasteiger partial charge in [0.2, 0.25) is 0 Å². The molecule has 1 aromatic heterocycles. The van der Waals surface area contributed by atoms with E-state index in [1.165, 1.54) is 24.5 Å². The minimum atomic E-state index is -0.251. The average Bonchev–Trinajstić information content (AvgIpc) is 2.52. The van der Waals surface area contributed by atoms with E-state index >= 15 is 0 Å². The lowest BCUT2D eigenvalue weighted by molar-refractivity contribution is -0.605. The van der Waals surface area contributed by atoms with Crippen molar-refractivity contribution in [2.24, 2.45) is 0 Å². The van der Waals surface area contributed by atoms with Crippen molar-refractivity contribution >= 4 is 5.91 Å². The van der Waals surface area contributed by atoms with Crippen molar-refractivity contribution in [1.82, 2.24) is 5.32 Å². The van der Waals surface area contributed by atoms with Crippen molar-refractivity contribution in [3.05, 3.63) is 59.6 Å². The maximum atomic E-state index is 11.8. The van der Waals surface area contributed by atoms with Gasteiger partial charge in [-0.05, 0) is 12.1 Å². The van der Waals surface area contributed by atoms with E-state index in [1.807, 2.05) is 12.1 Å². The zero-order valence-corrected chi connectivity index (χ0v) is 11.6. The average molecular weight is 288 g/mol. The largest absolute Gasteiger partial charge is 0.619 e. The minimum absolute atomic E-state index is 0.251. The fourth-order valence-corrected chi connectivity index (χ4v) is 1.73. The van der Waals surface area contributed by atoms with Crippen LogP contribution in [-0.4, -0.2) is 26.2 Å². The molecule has 110 valence electrons. The molecule has 2 aromatic rings. The number of carbonyl (C=O) groups excluding carboxylic acids is 1. The normalized spacial score (nSPS) is 9.95. The van der Waals surface area contributed by atoms with E-state index in [0.717, 1.165) is 0 Å². The molecule has 0 bridgehead atoms. The molecule has 6 heteroatoms. The summed E-state index contributed by atoms with van der Waals surface area (Å²) in [5.74, 6) is 1.02. The number of hydrogen-bond donors (Lipinski definition) is 1. The molecule has 0 unspecified atom stereocenters. The summed E-state index contributed by atoms with van der Waals surface area (Å²) >= 11 is 0. The summed E-state index contributed by atoms with van der Waals surface area (Å²) < 4.78 is 11.3. The van der Waals surface area contributed by atoms with Crippen LogP contribution in [-0.2, 0) is 0 Å². The van der Waals surface area contributed by atoms with Gasteiger partial charge in [0, 0.05) is 12.1 Å². The molecule has 1 heterocycles. The number of aromatic nitrogens is 1. The fourth-order valence-electron chi connectivity index (χ4n) is 1.73. The molecule has 0 spiro atoms. The van der Waals surface area contributed by atoms with E-state index < -0.39 is 0 Å². The highest BCUT2D eigenvalue weighted by atomic mass is 16.5. The first-order valence-corrected chi connectivity index (χ1v) is 6.43. The molecule has 0 atom stereocenters. The van der Waals surface area contributed by atoms with Crippen molar-refractivity contribution in [2.75, 3.05) is 20.3 Å². The molecule has 6 nitrogen and oxygen atoms in total. The number of benzene rings is 1. The van der Waals surface area contributed by atoms with Gasteiger partial charge >= 0.3 is 0 Å². The summed E-state index contributed by atoms with van der Waals surface area (Å²) in [7, 11) is 1.57. The molecule has 0 aliphatic rings. The monoisotopic (exact) mass is 288 g/mol. The molecule has 0 fully saturated rings. The Hall–Kier alpha value is -2.76. The van der Waals surface area contributed by atoms with E-state index in [2.05, 4.69) is 5.32 Å². The van der Waals surface area contributed by atoms with Gasteiger partial charge in [-0.3, -0.25) is 4.79 Å². The van der Waals surface area contributed by atoms with Gasteiger partial charge in [0.1, 0.15) is 6.61 Å². The van der Waals surface area contributed by atoms with Gasteiger partial charge in [0.25, 0.3) is 5.91 Å². The van der Waals surface area contributed by atoms with Crippen molar-refractivity contribution in [3.63, 3.8) is 0 Å². The van der Waals surface area contributed by atoms with Crippen LogP contribution in [0.2, 0.25) is 0 Å². The fraction of sp³-hybridized carbons (Fsp3) is 0.200. The zero-order valence-electron chi connectivity index (χ0n) is 11.6. The van der Waals surface area contributed by atoms with E-state index in [-0.39, 0.29) is 5.91 Å². The Bertz CT molecular complexity index is 599. The molecule has 2 rings (SSSR count). The third kappa shape index (κ3) is 4.10. The molecule has 0 aliphatic heterocycles. The number of para-hydroxylation sites is 2. The summed E-state index contributed by atoms with van der Waals surface area (Å²) in [4.78, 5) is 11.8. The quantitative estimate of drug-likeness (QED) is 0.491. The number of amides is 1. The highest BCUT2D eigenvalue weighted by Crippen LogP contribution is 2.25. The number of nitrogens with one attached hydrogen (secondary N) is 1. The van der Waals surface area contributed by atoms with Crippen molar-refractivity contribution in [1.29, 1.82) is 0 Å². The molecule has 1 aromatic carbocycles. The van der Waals surface area contributed by atoms with Crippen LogP contribution >= 0.6 is 0 Å². The SMILES string of the molecule is COc1ccccc1OCCNC(=O)c1cc[n+]([O-])cc1. The summed E-state index contributed by atoms with van der Waals surface area (Å²) in [5, 5.41) is 13.6. The Labute approximate surface area is 122 Å². The Morgan fingerprint density at radius 3 is 2.52 bits per heavy atom. The van der Waals surface area contributed by atoms with Crippen LogP contribution in [0.25, 0.3) is 0 Å². The van der Waals surface area contributed by atoms with Crippen LogP contribution in [0.5, 0.6) is 11.5 Å².